The zero-order chi connectivity index (χ0) is 36.3. The van der Waals surface area contributed by atoms with Gasteiger partial charge in [-0.15, -0.1) is 5.10 Å². The molecule has 0 saturated heterocycles. The number of hydrogen-bond acceptors (Lipinski definition) is 11. The Morgan fingerprint density at radius 1 is 1.04 bits per heavy atom. The number of ether oxygens (including phenoxy) is 3. The SMILES string of the molecule is CCOc1cc(C(Nc2ccc3c(N)nncc3c2)(OC(=O)C(F)(F)F)C(=O)NCc2ccccc2S(=O)(=O)C2CCC2)ccc1OC(C)C. The molecule has 1 unspecified atom stereocenters. The van der Waals surface area contributed by atoms with Crippen molar-refractivity contribution in [3.63, 3.8) is 0 Å². The van der Waals surface area contributed by atoms with E-state index in [4.69, 9.17) is 19.9 Å². The van der Waals surface area contributed by atoms with Crippen LogP contribution in [0.25, 0.3) is 10.8 Å². The van der Waals surface area contributed by atoms with Crippen LogP contribution in [0.1, 0.15) is 51.2 Å². The number of fused-ring (bicyclic) bond motifs is 1. The summed E-state index contributed by atoms with van der Waals surface area (Å²) in [5.74, 6) is -3.57. The number of anilines is 2. The molecule has 1 heterocycles. The molecule has 0 aliphatic heterocycles. The first-order chi connectivity index (χ1) is 23.7. The quantitative estimate of drug-likeness (QED) is 0.119. The third-order valence-corrected chi connectivity index (χ3v) is 10.4. The van der Waals surface area contributed by atoms with Crippen LogP contribution < -0.4 is 25.8 Å². The molecule has 1 aliphatic carbocycles. The van der Waals surface area contributed by atoms with Crippen LogP contribution in [0.4, 0.5) is 24.7 Å². The Kier molecular flexibility index (Phi) is 10.4. The monoisotopic (exact) mass is 715 g/mol. The van der Waals surface area contributed by atoms with Crippen LogP contribution in [0.2, 0.25) is 0 Å². The van der Waals surface area contributed by atoms with Crippen LogP contribution in [-0.2, 0) is 36.4 Å². The molecule has 16 heteroatoms. The van der Waals surface area contributed by atoms with Gasteiger partial charge in [0, 0.05) is 28.6 Å². The summed E-state index contributed by atoms with van der Waals surface area (Å²) in [7, 11) is -3.76. The number of amides is 1. The van der Waals surface area contributed by atoms with Crippen molar-refractivity contribution in [3.8, 4) is 11.5 Å². The van der Waals surface area contributed by atoms with E-state index in [9.17, 15) is 31.2 Å². The Balaban J connectivity index is 1.65. The van der Waals surface area contributed by atoms with E-state index in [1.165, 1.54) is 54.7 Å². The maximum Gasteiger partial charge on any atom is 0.491 e. The summed E-state index contributed by atoms with van der Waals surface area (Å²) in [6.45, 7) is 4.87. The third-order valence-electron chi connectivity index (χ3n) is 8.03. The minimum absolute atomic E-state index is 0.0158. The topological polar surface area (TPSA) is 172 Å². The number of sulfone groups is 1. The van der Waals surface area contributed by atoms with Gasteiger partial charge in [0.05, 0.1) is 29.1 Å². The van der Waals surface area contributed by atoms with E-state index in [2.05, 4.69) is 20.8 Å². The van der Waals surface area contributed by atoms with Crippen molar-refractivity contribution in [1.29, 1.82) is 0 Å². The number of rotatable bonds is 13. The second-order valence-electron chi connectivity index (χ2n) is 11.9. The first kappa shape index (κ1) is 36.2. The van der Waals surface area contributed by atoms with Crippen molar-refractivity contribution in [2.75, 3.05) is 17.7 Å². The van der Waals surface area contributed by atoms with E-state index in [0.717, 1.165) is 6.42 Å². The molecule has 0 spiro atoms. The summed E-state index contributed by atoms with van der Waals surface area (Å²) >= 11 is 0. The number of carbonyl (C=O) groups is 2. The van der Waals surface area contributed by atoms with Crippen LogP contribution in [0.3, 0.4) is 0 Å². The standard InChI is InChI=1S/C34H36F3N5O7S/c1-4-47-28-17-23(12-15-27(28)48-20(2)3)33(49-32(44)34(35,36)37,41-24-13-14-26-22(16-24)19-40-42-30(26)38)31(43)39-18-21-8-5-6-11-29(21)50(45,46)25-9-7-10-25/h5-6,8,11-17,19-20,25,41H,4,7,9-10,18H2,1-3H3,(H2,38,42)(H,39,43). The van der Waals surface area contributed by atoms with Gasteiger partial charge in [0.2, 0.25) is 0 Å². The molecule has 3 aromatic carbocycles. The number of nitrogens with one attached hydrogen (secondary N) is 2. The second-order valence-corrected chi connectivity index (χ2v) is 14.1. The van der Waals surface area contributed by atoms with E-state index < -0.39 is 45.4 Å². The number of hydrogen-bond donors (Lipinski definition) is 3. The number of nitrogens with zero attached hydrogens (tertiary/aromatic N) is 2. The van der Waals surface area contributed by atoms with Crippen LogP contribution >= 0.6 is 0 Å². The lowest BCUT2D eigenvalue weighted by Gasteiger charge is -2.35. The molecule has 0 radical (unpaired) electrons. The largest absolute Gasteiger partial charge is 0.491 e. The van der Waals surface area contributed by atoms with Crippen molar-refractivity contribution < 1.29 is 45.4 Å². The summed E-state index contributed by atoms with van der Waals surface area (Å²) in [4.78, 5) is 27.1. The Labute approximate surface area is 286 Å². The number of esters is 1. The fraction of sp³-hybridized carbons (Fsp3) is 0.353. The summed E-state index contributed by atoms with van der Waals surface area (Å²) in [5, 5.41) is 13.1. The van der Waals surface area contributed by atoms with Gasteiger partial charge >= 0.3 is 12.1 Å². The summed E-state index contributed by atoms with van der Waals surface area (Å²) in [5.41, 5.74) is 2.98. The van der Waals surface area contributed by atoms with Crippen molar-refractivity contribution in [2.24, 2.45) is 0 Å². The highest BCUT2D eigenvalue weighted by Crippen LogP contribution is 2.39. The first-order valence-corrected chi connectivity index (χ1v) is 17.3. The third kappa shape index (κ3) is 7.54. The van der Waals surface area contributed by atoms with Crippen molar-refractivity contribution in [3.05, 3.63) is 78.0 Å². The van der Waals surface area contributed by atoms with E-state index >= 15 is 0 Å². The lowest BCUT2D eigenvalue weighted by Crippen LogP contribution is -2.54. The number of halogens is 3. The number of nitrogens with two attached hydrogens (primary N) is 1. The smallest absolute Gasteiger partial charge is 0.490 e. The van der Waals surface area contributed by atoms with E-state index in [1.54, 1.807) is 32.9 Å². The minimum atomic E-state index is -5.52. The van der Waals surface area contributed by atoms with Gasteiger partial charge in [0.1, 0.15) is 0 Å². The fourth-order valence-electron chi connectivity index (χ4n) is 5.41. The van der Waals surface area contributed by atoms with Crippen LogP contribution in [0.15, 0.2) is 71.8 Å². The van der Waals surface area contributed by atoms with Crippen LogP contribution in [-0.4, -0.2) is 54.6 Å². The van der Waals surface area contributed by atoms with Gasteiger partial charge in [0.15, 0.2) is 27.2 Å². The maximum absolute atomic E-state index is 14.4. The first-order valence-electron chi connectivity index (χ1n) is 15.8. The predicted octanol–water partition coefficient (Wildman–Crippen LogP) is 5.41. The average Bonchev–Trinajstić information content (AvgIpc) is 3.02. The van der Waals surface area contributed by atoms with E-state index in [1.807, 2.05) is 0 Å². The van der Waals surface area contributed by atoms with Crippen LogP contribution in [0, 0.1) is 0 Å². The normalized spacial score (nSPS) is 14.8. The molecule has 4 aromatic rings. The second kappa shape index (κ2) is 14.4. The van der Waals surface area contributed by atoms with Gasteiger partial charge in [-0.05, 0) is 81.6 Å². The van der Waals surface area contributed by atoms with Gasteiger partial charge in [-0.1, -0.05) is 24.6 Å². The van der Waals surface area contributed by atoms with Gasteiger partial charge in [-0.3, -0.25) is 4.79 Å². The fourth-order valence-corrected chi connectivity index (χ4v) is 7.50. The molecule has 50 heavy (non-hydrogen) atoms. The van der Waals surface area contributed by atoms with Crippen LogP contribution in [0.5, 0.6) is 11.5 Å². The average molecular weight is 716 g/mol. The number of alkyl halides is 3. The maximum atomic E-state index is 14.4. The Morgan fingerprint density at radius 2 is 1.78 bits per heavy atom. The summed E-state index contributed by atoms with van der Waals surface area (Å²) < 4.78 is 85.2. The molecule has 12 nitrogen and oxygen atoms in total. The molecule has 1 amide bonds. The van der Waals surface area contributed by atoms with E-state index in [-0.39, 0.29) is 51.7 Å². The summed E-state index contributed by atoms with van der Waals surface area (Å²) in [6, 6.07) is 14.2. The van der Waals surface area contributed by atoms with Crippen molar-refractivity contribution in [1.82, 2.24) is 15.5 Å². The zero-order valence-corrected chi connectivity index (χ0v) is 28.2. The molecular formula is C34H36F3N5O7S. The van der Waals surface area contributed by atoms with Gasteiger partial charge in [0.25, 0.3) is 11.6 Å². The lowest BCUT2D eigenvalue weighted by atomic mass is 9.99. The number of carbonyl (C=O) groups excluding carboxylic acids is 2. The Bertz CT molecular complexity index is 2010. The molecule has 266 valence electrons. The molecule has 0 bridgehead atoms. The lowest BCUT2D eigenvalue weighted by molar-refractivity contribution is -0.213. The predicted molar refractivity (Wildman–Crippen MR) is 178 cm³/mol. The number of nitrogen functional groups attached to an aromatic ring is 1. The van der Waals surface area contributed by atoms with Crippen molar-refractivity contribution >= 4 is 44.0 Å². The zero-order valence-electron chi connectivity index (χ0n) is 27.4. The van der Waals surface area contributed by atoms with Crippen molar-refractivity contribution in [2.45, 2.75) is 74.7 Å². The number of benzene rings is 3. The van der Waals surface area contributed by atoms with Gasteiger partial charge in [-0.25, -0.2) is 13.2 Å². The molecular weight excluding hydrogens is 679 g/mol. The van der Waals surface area contributed by atoms with E-state index in [0.29, 0.717) is 23.6 Å². The van der Waals surface area contributed by atoms with Gasteiger partial charge in [-0.2, -0.15) is 18.3 Å². The highest BCUT2D eigenvalue weighted by atomic mass is 32.2. The number of aromatic nitrogens is 2. The molecule has 1 fully saturated rings. The highest BCUT2D eigenvalue weighted by Gasteiger charge is 2.52. The highest BCUT2D eigenvalue weighted by molar-refractivity contribution is 7.92. The Morgan fingerprint density at radius 3 is 2.44 bits per heavy atom. The van der Waals surface area contributed by atoms with Gasteiger partial charge < -0.3 is 30.6 Å². The summed E-state index contributed by atoms with van der Waals surface area (Å²) in [6.07, 6.45) is -2.74. The molecule has 5 rings (SSSR count). The minimum Gasteiger partial charge on any atom is -0.490 e. The molecule has 1 aliphatic rings. The molecule has 4 N–H and O–H groups in total. The molecule has 1 atom stereocenters. The Hall–Kier alpha value is -5.12. The molecule has 1 saturated carbocycles. The molecule has 1 aromatic heterocycles.